The predicted molar refractivity (Wildman–Crippen MR) is 95.9 cm³/mol. The fourth-order valence-corrected chi connectivity index (χ4v) is 3.79. The first kappa shape index (κ1) is 18.3. The minimum Gasteiger partial charge on any atom is -0.375 e. The first-order valence-electron chi connectivity index (χ1n) is 9.50. The first-order valence-corrected chi connectivity index (χ1v) is 9.50. The Bertz CT molecular complexity index is 555. The van der Waals surface area contributed by atoms with Crippen molar-refractivity contribution in [2.45, 2.75) is 38.7 Å². The summed E-state index contributed by atoms with van der Waals surface area (Å²) in [5, 5.41) is 0. The van der Waals surface area contributed by atoms with Gasteiger partial charge in [0.05, 0.1) is 19.3 Å². The molecule has 0 saturated carbocycles. The van der Waals surface area contributed by atoms with Crippen molar-refractivity contribution < 1.29 is 13.9 Å². The van der Waals surface area contributed by atoms with E-state index in [9.17, 15) is 9.18 Å². The molecule has 0 bridgehead atoms. The van der Waals surface area contributed by atoms with Gasteiger partial charge in [0.1, 0.15) is 5.82 Å². The van der Waals surface area contributed by atoms with E-state index in [1.54, 1.807) is 0 Å². The van der Waals surface area contributed by atoms with Gasteiger partial charge in [-0.25, -0.2) is 4.39 Å². The van der Waals surface area contributed by atoms with E-state index in [0.717, 1.165) is 51.9 Å². The van der Waals surface area contributed by atoms with Crippen LogP contribution in [0.1, 0.15) is 31.7 Å². The van der Waals surface area contributed by atoms with Crippen LogP contribution in [0.5, 0.6) is 0 Å². The van der Waals surface area contributed by atoms with Crippen LogP contribution >= 0.6 is 0 Å². The van der Waals surface area contributed by atoms with Crippen LogP contribution in [0, 0.1) is 11.7 Å². The van der Waals surface area contributed by atoms with Gasteiger partial charge >= 0.3 is 0 Å². The minimum atomic E-state index is -0.175. The molecule has 0 aliphatic carbocycles. The molecular weight excluding hydrogens is 319 g/mol. The summed E-state index contributed by atoms with van der Waals surface area (Å²) in [7, 11) is 0. The van der Waals surface area contributed by atoms with Crippen molar-refractivity contribution in [2.75, 3.05) is 39.3 Å². The van der Waals surface area contributed by atoms with E-state index in [2.05, 4.69) is 11.8 Å². The van der Waals surface area contributed by atoms with Gasteiger partial charge in [0.2, 0.25) is 5.91 Å². The van der Waals surface area contributed by atoms with Crippen molar-refractivity contribution in [3.8, 4) is 0 Å². The van der Waals surface area contributed by atoms with E-state index < -0.39 is 0 Å². The quantitative estimate of drug-likeness (QED) is 0.820. The van der Waals surface area contributed by atoms with Crippen LogP contribution in [0.4, 0.5) is 4.39 Å². The fourth-order valence-electron chi connectivity index (χ4n) is 3.79. The van der Waals surface area contributed by atoms with Crippen LogP contribution in [0.3, 0.4) is 0 Å². The average Bonchev–Trinajstić information content (AvgIpc) is 2.65. The normalized spacial score (nSPS) is 23.0. The maximum atomic E-state index is 13.0. The number of hydrogen-bond acceptors (Lipinski definition) is 3. The lowest BCUT2D eigenvalue weighted by molar-refractivity contribution is -0.140. The van der Waals surface area contributed by atoms with Crippen molar-refractivity contribution in [1.29, 1.82) is 0 Å². The lowest BCUT2D eigenvalue weighted by atomic mass is 9.90. The Balaban J connectivity index is 1.41. The van der Waals surface area contributed by atoms with Gasteiger partial charge in [0.15, 0.2) is 0 Å². The molecule has 0 N–H and O–H groups in total. The minimum absolute atomic E-state index is 0.175. The van der Waals surface area contributed by atoms with Gasteiger partial charge in [-0.3, -0.25) is 9.69 Å². The van der Waals surface area contributed by atoms with E-state index in [4.69, 9.17) is 4.74 Å². The number of ether oxygens (including phenoxy) is 1. The van der Waals surface area contributed by atoms with E-state index in [1.165, 1.54) is 17.7 Å². The molecule has 2 saturated heterocycles. The first-order chi connectivity index (χ1) is 12.1. The average molecular weight is 348 g/mol. The monoisotopic (exact) mass is 348 g/mol. The number of likely N-dealkylation sites (tertiary alicyclic amines) is 1. The molecular formula is C20H29FN2O2. The molecule has 138 valence electrons. The molecule has 1 aromatic carbocycles. The van der Waals surface area contributed by atoms with E-state index >= 15 is 0 Å². The zero-order valence-corrected chi connectivity index (χ0v) is 15.1. The topological polar surface area (TPSA) is 32.8 Å². The summed E-state index contributed by atoms with van der Waals surface area (Å²) in [4.78, 5) is 16.8. The summed E-state index contributed by atoms with van der Waals surface area (Å²) in [5.74, 6) is 0.689. The standard InChI is InChI=1S/C20H29FN2O2/c1-2-19-14-23(11-12-25-19)20(24)15-22-9-7-17(8-10-22)13-16-3-5-18(21)6-4-16/h3-6,17,19H,2,7-15H2,1H3. The summed E-state index contributed by atoms with van der Waals surface area (Å²) in [6.45, 7) is 6.68. The molecule has 0 spiro atoms. The number of nitrogens with zero attached hydrogens (tertiary/aromatic N) is 2. The molecule has 1 aromatic rings. The van der Waals surface area contributed by atoms with Crippen molar-refractivity contribution in [1.82, 2.24) is 9.80 Å². The van der Waals surface area contributed by atoms with Crippen LogP contribution < -0.4 is 0 Å². The van der Waals surface area contributed by atoms with Crippen LogP contribution in [-0.2, 0) is 16.0 Å². The number of rotatable bonds is 5. The second-order valence-electron chi connectivity index (χ2n) is 7.29. The summed E-state index contributed by atoms with van der Waals surface area (Å²) in [5.41, 5.74) is 1.20. The molecule has 5 heteroatoms. The highest BCUT2D eigenvalue weighted by molar-refractivity contribution is 5.78. The Kier molecular flexibility index (Phi) is 6.43. The number of amides is 1. The summed E-state index contributed by atoms with van der Waals surface area (Å²) >= 11 is 0. The Morgan fingerprint density at radius 3 is 2.60 bits per heavy atom. The van der Waals surface area contributed by atoms with Gasteiger partial charge in [-0.1, -0.05) is 19.1 Å². The smallest absolute Gasteiger partial charge is 0.236 e. The molecule has 2 heterocycles. The highest BCUT2D eigenvalue weighted by atomic mass is 19.1. The van der Waals surface area contributed by atoms with Crippen molar-refractivity contribution >= 4 is 5.91 Å². The van der Waals surface area contributed by atoms with Gasteiger partial charge in [0.25, 0.3) is 0 Å². The third-order valence-electron chi connectivity index (χ3n) is 5.45. The van der Waals surface area contributed by atoms with Crippen LogP contribution in [0.15, 0.2) is 24.3 Å². The molecule has 25 heavy (non-hydrogen) atoms. The molecule has 1 unspecified atom stereocenters. The molecule has 1 atom stereocenters. The number of carbonyl (C=O) groups is 1. The number of piperidine rings is 1. The predicted octanol–water partition coefficient (Wildman–Crippen LogP) is 2.72. The second-order valence-corrected chi connectivity index (χ2v) is 7.29. The van der Waals surface area contributed by atoms with E-state index in [1.807, 2.05) is 17.0 Å². The largest absolute Gasteiger partial charge is 0.375 e. The van der Waals surface area contributed by atoms with Gasteiger partial charge in [-0.05, 0) is 62.4 Å². The highest BCUT2D eigenvalue weighted by Crippen LogP contribution is 2.22. The van der Waals surface area contributed by atoms with Crippen LogP contribution in [0.25, 0.3) is 0 Å². The fraction of sp³-hybridized carbons (Fsp3) is 0.650. The number of carbonyl (C=O) groups excluding carboxylic acids is 1. The van der Waals surface area contributed by atoms with Crippen molar-refractivity contribution in [3.05, 3.63) is 35.6 Å². The molecule has 2 fully saturated rings. The molecule has 0 radical (unpaired) electrons. The molecule has 0 aromatic heterocycles. The zero-order valence-electron chi connectivity index (χ0n) is 15.1. The third-order valence-corrected chi connectivity index (χ3v) is 5.45. The van der Waals surface area contributed by atoms with Gasteiger partial charge in [-0.2, -0.15) is 0 Å². The van der Waals surface area contributed by atoms with Crippen molar-refractivity contribution in [3.63, 3.8) is 0 Å². The SMILES string of the molecule is CCC1CN(C(=O)CN2CCC(Cc3ccc(F)cc3)CC2)CCO1. The summed E-state index contributed by atoms with van der Waals surface area (Å²) in [6, 6.07) is 6.84. The Morgan fingerprint density at radius 1 is 1.20 bits per heavy atom. The summed E-state index contributed by atoms with van der Waals surface area (Å²) in [6.07, 6.45) is 4.36. The van der Waals surface area contributed by atoms with Gasteiger partial charge in [0, 0.05) is 13.1 Å². The number of morpholine rings is 1. The lowest BCUT2D eigenvalue weighted by Crippen LogP contribution is -2.49. The summed E-state index contributed by atoms with van der Waals surface area (Å²) < 4.78 is 18.6. The van der Waals surface area contributed by atoms with Crippen LogP contribution in [0.2, 0.25) is 0 Å². The molecule has 2 aliphatic heterocycles. The Labute approximate surface area is 149 Å². The maximum Gasteiger partial charge on any atom is 0.236 e. The second kappa shape index (κ2) is 8.77. The molecule has 4 nitrogen and oxygen atoms in total. The number of halogens is 1. The Hall–Kier alpha value is -1.46. The van der Waals surface area contributed by atoms with Gasteiger partial charge < -0.3 is 9.64 Å². The highest BCUT2D eigenvalue weighted by Gasteiger charge is 2.26. The van der Waals surface area contributed by atoms with E-state index in [-0.39, 0.29) is 17.8 Å². The van der Waals surface area contributed by atoms with Crippen molar-refractivity contribution in [2.24, 2.45) is 5.92 Å². The number of benzene rings is 1. The van der Waals surface area contributed by atoms with E-state index in [0.29, 0.717) is 19.1 Å². The van der Waals surface area contributed by atoms with Crippen LogP contribution in [-0.4, -0.2) is 61.1 Å². The molecule has 2 aliphatic rings. The zero-order chi connectivity index (χ0) is 17.6. The molecule has 1 amide bonds. The number of hydrogen-bond donors (Lipinski definition) is 0. The third kappa shape index (κ3) is 5.25. The Morgan fingerprint density at radius 2 is 1.92 bits per heavy atom. The maximum absolute atomic E-state index is 13.0. The lowest BCUT2D eigenvalue weighted by Gasteiger charge is -2.36. The van der Waals surface area contributed by atoms with Gasteiger partial charge in [-0.15, -0.1) is 0 Å². The molecule has 3 rings (SSSR count).